The van der Waals surface area contributed by atoms with E-state index in [9.17, 15) is 13.2 Å². The van der Waals surface area contributed by atoms with Crippen molar-refractivity contribution in [3.8, 4) is 16.9 Å². The van der Waals surface area contributed by atoms with Crippen LogP contribution < -0.4 is 10.3 Å². The Bertz CT molecular complexity index is 1570. The first-order valence-electron chi connectivity index (χ1n) is 12.2. The van der Waals surface area contributed by atoms with Crippen molar-refractivity contribution in [3.05, 3.63) is 81.8 Å². The molecule has 1 aromatic carbocycles. The van der Waals surface area contributed by atoms with E-state index in [1.807, 2.05) is 61.7 Å². The van der Waals surface area contributed by atoms with Crippen molar-refractivity contribution in [2.45, 2.75) is 19.6 Å². The number of nitrogens with zero attached hydrogens (tertiary/aromatic N) is 4. The van der Waals surface area contributed by atoms with Gasteiger partial charge in [-0.3, -0.25) is 14.7 Å². The van der Waals surface area contributed by atoms with Gasteiger partial charge < -0.3 is 9.30 Å². The Hall–Kier alpha value is -3.05. The molecule has 0 radical (unpaired) electrons. The van der Waals surface area contributed by atoms with Crippen LogP contribution in [0, 0.1) is 0 Å². The third kappa shape index (κ3) is 5.62. The first-order chi connectivity index (χ1) is 17.7. The molecule has 5 rings (SSSR count). The van der Waals surface area contributed by atoms with Crippen LogP contribution in [0.2, 0.25) is 0 Å². The van der Waals surface area contributed by atoms with Crippen LogP contribution in [-0.4, -0.2) is 59.6 Å². The standard InChI is InChI=1S/C27H30N4O4S2/c1-19(25-9-4-5-10-28-25)35-21-8-6-7-20(15-21)24-18-29(2)27(32)23-16-22(36-26(23)24)17-30-11-13-31(14-12-30)37(3,33)34/h4-10,15-16,18-19H,11-14,17H2,1-3H3. The smallest absolute Gasteiger partial charge is 0.259 e. The maximum absolute atomic E-state index is 13.0. The summed E-state index contributed by atoms with van der Waals surface area (Å²) >= 11 is 1.62. The Balaban J connectivity index is 1.41. The summed E-state index contributed by atoms with van der Waals surface area (Å²) in [5, 5.41) is 0.697. The first kappa shape index (κ1) is 25.6. The predicted octanol–water partition coefficient (Wildman–Crippen LogP) is 3.88. The van der Waals surface area contributed by atoms with Gasteiger partial charge in [-0.15, -0.1) is 11.3 Å². The van der Waals surface area contributed by atoms with E-state index < -0.39 is 10.0 Å². The number of benzene rings is 1. The molecule has 0 spiro atoms. The molecule has 0 saturated carbocycles. The van der Waals surface area contributed by atoms with Crippen LogP contribution in [-0.2, 0) is 23.6 Å². The van der Waals surface area contributed by atoms with Gasteiger partial charge in [-0.25, -0.2) is 8.42 Å². The van der Waals surface area contributed by atoms with Crippen molar-refractivity contribution >= 4 is 31.4 Å². The number of sulfonamides is 1. The van der Waals surface area contributed by atoms with E-state index in [2.05, 4.69) is 9.88 Å². The number of ether oxygens (including phenoxy) is 1. The fourth-order valence-corrected chi connectivity index (χ4v) is 6.69. The second kappa shape index (κ2) is 10.4. The normalized spacial score (nSPS) is 16.2. The molecular formula is C27H30N4O4S2. The topological polar surface area (TPSA) is 84.7 Å². The zero-order valence-corrected chi connectivity index (χ0v) is 22.8. The summed E-state index contributed by atoms with van der Waals surface area (Å²) in [6, 6.07) is 15.7. The Morgan fingerprint density at radius 1 is 1.08 bits per heavy atom. The number of aromatic nitrogens is 2. The molecule has 194 valence electrons. The minimum atomic E-state index is -3.16. The van der Waals surface area contributed by atoms with Gasteiger partial charge in [0, 0.05) is 67.3 Å². The van der Waals surface area contributed by atoms with E-state index in [-0.39, 0.29) is 11.7 Å². The minimum absolute atomic E-state index is 0.0284. The SMILES string of the molecule is CC(Oc1cccc(-c2cn(C)c(=O)c3cc(CN4CCN(S(C)(=O)=O)CC4)sc23)c1)c1ccccn1. The fraction of sp³-hybridized carbons (Fsp3) is 0.333. The molecule has 1 fully saturated rings. The Kier molecular flexibility index (Phi) is 7.17. The molecule has 4 aromatic rings. The zero-order valence-electron chi connectivity index (χ0n) is 21.1. The van der Waals surface area contributed by atoms with Gasteiger partial charge in [0.05, 0.1) is 17.3 Å². The molecule has 4 heterocycles. The lowest BCUT2D eigenvalue weighted by atomic mass is 10.1. The van der Waals surface area contributed by atoms with Crippen molar-refractivity contribution in [2.75, 3.05) is 32.4 Å². The summed E-state index contributed by atoms with van der Waals surface area (Å²) < 4.78 is 33.9. The Morgan fingerprint density at radius 2 is 1.86 bits per heavy atom. The number of hydrogen-bond acceptors (Lipinski definition) is 7. The van der Waals surface area contributed by atoms with E-state index in [4.69, 9.17) is 4.74 Å². The number of piperazine rings is 1. The van der Waals surface area contributed by atoms with Gasteiger partial charge in [-0.05, 0) is 42.8 Å². The molecule has 10 heteroatoms. The molecule has 1 aliphatic heterocycles. The number of hydrogen-bond donors (Lipinski definition) is 0. The Morgan fingerprint density at radius 3 is 2.57 bits per heavy atom. The highest BCUT2D eigenvalue weighted by Crippen LogP contribution is 2.35. The van der Waals surface area contributed by atoms with E-state index in [1.54, 1.807) is 29.1 Å². The number of rotatable bonds is 7. The molecule has 0 N–H and O–H groups in total. The number of fused-ring (bicyclic) bond motifs is 1. The molecule has 1 atom stereocenters. The molecule has 0 bridgehead atoms. The van der Waals surface area contributed by atoms with Crippen LogP contribution in [0.3, 0.4) is 0 Å². The zero-order chi connectivity index (χ0) is 26.2. The highest BCUT2D eigenvalue weighted by atomic mass is 32.2. The predicted molar refractivity (Wildman–Crippen MR) is 147 cm³/mol. The molecular weight excluding hydrogens is 508 g/mol. The van der Waals surface area contributed by atoms with Crippen molar-refractivity contribution in [3.63, 3.8) is 0 Å². The third-order valence-corrected chi connectivity index (χ3v) is 9.10. The van der Waals surface area contributed by atoms with Gasteiger partial charge >= 0.3 is 0 Å². The van der Waals surface area contributed by atoms with Crippen LogP contribution in [0.25, 0.3) is 21.2 Å². The van der Waals surface area contributed by atoms with Crippen molar-refractivity contribution < 1.29 is 13.2 Å². The molecule has 1 saturated heterocycles. The summed E-state index contributed by atoms with van der Waals surface area (Å²) in [4.78, 5) is 20.7. The summed E-state index contributed by atoms with van der Waals surface area (Å²) in [6.45, 7) is 4.96. The van der Waals surface area contributed by atoms with Crippen LogP contribution in [0.5, 0.6) is 5.75 Å². The summed E-state index contributed by atoms with van der Waals surface area (Å²) in [7, 11) is -1.39. The molecule has 8 nitrogen and oxygen atoms in total. The van der Waals surface area contributed by atoms with E-state index >= 15 is 0 Å². The number of aryl methyl sites for hydroxylation is 1. The first-order valence-corrected chi connectivity index (χ1v) is 14.8. The van der Waals surface area contributed by atoms with E-state index in [1.165, 1.54) is 10.6 Å². The minimum Gasteiger partial charge on any atom is -0.484 e. The van der Waals surface area contributed by atoms with Gasteiger partial charge in [-0.1, -0.05) is 18.2 Å². The lowest BCUT2D eigenvalue weighted by Crippen LogP contribution is -2.47. The monoisotopic (exact) mass is 538 g/mol. The third-order valence-electron chi connectivity index (χ3n) is 6.64. The number of pyridine rings is 2. The maximum Gasteiger partial charge on any atom is 0.259 e. The van der Waals surface area contributed by atoms with Crippen LogP contribution >= 0.6 is 11.3 Å². The van der Waals surface area contributed by atoms with Crippen molar-refractivity contribution in [1.82, 2.24) is 18.8 Å². The highest BCUT2D eigenvalue weighted by molar-refractivity contribution is 7.88. The molecule has 3 aromatic heterocycles. The molecule has 1 aliphatic rings. The van der Waals surface area contributed by atoms with Gasteiger partial charge in [0.1, 0.15) is 11.9 Å². The van der Waals surface area contributed by atoms with Crippen LogP contribution in [0.1, 0.15) is 23.6 Å². The van der Waals surface area contributed by atoms with E-state index in [0.29, 0.717) is 38.1 Å². The fourth-order valence-electron chi connectivity index (χ4n) is 4.64. The van der Waals surface area contributed by atoms with E-state index in [0.717, 1.165) is 32.1 Å². The van der Waals surface area contributed by atoms with Gasteiger partial charge in [0.15, 0.2) is 0 Å². The van der Waals surface area contributed by atoms with Crippen molar-refractivity contribution in [1.29, 1.82) is 0 Å². The van der Waals surface area contributed by atoms with Crippen LogP contribution in [0.4, 0.5) is 0 Å². The van der Waals surface area contributed by atoms with Gasteiger partial charge in [-0.2, -0.15) is 4.31 Å². The lowest BCUT2D eigenvalue weighted by Gasteiger charge is -2.32. The average molecular weight is 539 g/mol. The summed E-state index contributed by atoms with van der Waals surface area (Å²) in [5.74, 6) is 0.734. The second-order valence-electron chi connectivity index (χ2n) is 9.40. The molecule has 0 amide bonds. The lowest BCUT2D eigenvalue weighted by molar-refractivity contribution is 0.183. The number of thiophene rings is 1. The second-order valence-corrected chi connectivity index (χ2v) is 12.5. The summed E-state index contributed by atoms with van der Waals surface area (Å²) in [6.07, 6.45) is 4.70. The molecule has 37 heavy (non-hydrogen) atoms. The van der Waals surface area contributed by atoms with Gasteiger partial charge in [0.2, 0.25) is 10.0 Å². The summed E-state index contributed by atoms with van der Waals surface area (Å²) in [5.41, 5.74) is 2.78. The quantitative estimate of drug-likeness (QED) is 0.355. The highest BCUT2D eigenvalue weighted by Gasteiger charge is 2.24. The van der Waals surface area contributed by atoms with Crippen LogP contribution in [0.15, 0.2) is 65.7 Å². The average Bonchev–Trinajstić information content (AvgIpc) is 3.30. The molecule has 1 unspecified atom stereocenters. The molecule has 0 aliphatic carbocycles. The van der Waals surface area contributed by atoms with Gasteiger partial charge in [0.25, 0.3) is 5.56 Å². The Labute approximate surface area is 220 Å². The maximum atomic E-state index is 13.0. The largest absolute Gasteiger partial charge is 0.484 e. The van der Waals surface area contributed by atoms with Crippen molar-refractivity contribution in [2.24, 2.45) is 7.05 Å².